The van der Waals surface area contributed by atoms with E-state index < -0.39 is 0 Å². The standard InChI is InChI=1S/C7H7N2/c1-2-4-7-6(3-1)5-8-9-7/h1-2,5H,3-4H2. The average molecular weight is 119 g/mol. The summed E-state index contributed by atoms with van der Waals surface area (Å²) >= 11 is 0. The normalized spacial score (nSPS) is 22.2. The summed E-state index contributed by atoms with van der Waals surface area (Å²) in [6.45, 7) is 0. The van der Waals surface area contributed by atoms with E-state index in [1.54, 1.807) is 0 Å². The second kappa shape index (κ2) is 1.72. The number of nitrogens with zero attached hydrogens (tertiary/aromatic N) is 2. The molecule has 0 saturated heterocycles. The maximum atomic E-state index is 3.96. The Bertz CT molecular complexity index is 211. The molecular weight excluding hydrogens is 112 g/mol. The van der Waals surface area contributed by atoms with Crippen molar-refractivity contribution in [3.05, 3.63) is 23.4 Å². The lowest BCUT2D eigenvalue weighted by molar-refractivity contribution is 0.846. The molecule has 2 aliphatic rings. The molecule has 1 aliphatic heterocycles. The quantitative estimate of drug-likeness (QED) is 0.428. The molecule has 0 aromatic rings. The van der Waals surface area contributed by atoms with Gasteiger partial charge in [-0.1, -0.05) is 12.2 Å². The van der Waals surface area contributed by atoms with Crippen molar-refractivity contribution >= 4 is 6.21 Å². The SMILES string of the molecule is C1=CCC2=C(C=N[N]2)C1. The van der Waals surface area contributed by atoms with E-state index in [1.807, 2.05) is 6.21 Å². The summed E-state index contributed by atoms with van der Waals surface area (Å²) < 4.78 is 0. The van der Waals surface area contributed by atoms with Crippen molar-refractivity contribution < 1.29 is 0 Å². The van der Waals surface area contributed by atoms with Crippen molar-refractivity contribution in [2.75, 3.05) is 0 Å². The molecule has 0 N–H and O–H groups in total. The third-order valence-corrected chi connectivity index (χ3v) is 1.58. The maximum Gasteiger partial charge on any atom is 0.0719 e. The van der Waals surface area contributed by atoms with Crippen LogP contribution in [0.1, 0.15) is 12.8 Å². The molecule has 1 heterocycles. The minimum atomic E-state index is 0.968. The molecule has 2 rings (SSSR count). The third kappa shape index (κ3) is 0.669. The van der Waals surface area contributed by atoms with Crippen LogP contribution < -0.4 is 5.43 Å². The van der Waals surface area contributed by atoms with E-state index in [9.17, 15) is 0 Å². The second-order valence-corrected chi connectivity index (χ2v) is 2.20. The maximum absolute atomic E-state index is 3.96. The fraction of sp³-hybridized carbons (Fsp3) is 0.286. The van der Waals surface area contributed by atoms with Gasteiger partial charge in [0.05, 0.1) is 11.9 Å². The zero-order chi connectivity index (χ0) is 6.10. The molecule has 2 heteroatoms. The van der Waals surface area contributed by atoms with E-state index in [0.717, 1.165) is 18.5 Å². The summed E-state index contributed by atoms with van der Waals surface area (Å²) in [6, 6.07) is 0. The third-order valence-electron chi connectivity index (χ3n) is 1.58. The molecule has 45 valence electrons. The molecule has 1 radical (unpaired) electrons. The highest BCUT2D eigenvalue weighted by Crippen LogP contribution is 2.19. The molecule has 0 atom stereocenters. The monoisotopic (exact) mass is 119 g/mol. The van der Waals surface area contributed by atoms with Gasteiger partial charge in [-0.3, -0.25) is 0 Å². The summed E-state index contributed by atoms with van der Waals surface area (Å²) in [5.74, 6) is 0. The van der Waals surface area contributed by atoms with Gasteiger partial charge in [0, 0.05) is 6.42 Å². The highest BCUT2D eigenvalue weighted by molar-refractivity contribution is 5.82. The Labute approximate surface area is 54.0 Å². The van der Waals surface area contributed by atoms with Crippen molar-refractivity contribution in [1.82, 2.24) is 5.43 Å². The smallest absolute Gasteiger partial charge is 0.0719 e. The van der Waals surface area contributed by atoms with Gasteiger partial charge in [-0.25, -0.2) is 0 Å². The predicted octanol–water partition coefficient (Wildman–Crippen LogP) is 1.19. The molecule has 9 heavy (non-hydrogen) atoms. The van der Waals surface area contributed by atoms with Gasteiger partial charge in [0.1, 0.15) is 0 Å². The van der Waals surface area contributed by atoms with E-state index in [0.29, 0.717) is 0 Å². The molecule has 0 amide bonds. The fourth-order valence-corrected chi connectivity index (χ4v) is 1.05. The van der Waals surface area contributed by atoms with Crippen LogP contribution in [0.25, 0.3) is 0 Å². The molecule has 2 nitrogen and oxygen atoms in total. The topological polar surface area (TPSA) is 26.5 Å². The van der Waals surface area contributed by atoms with Crippen LogP contribution in [0, 0.1) is 0 Å². The minimum Gasteiger partial charge on any atom is -0.159 e. The van der Waals surface area contributed by atoms with Gasteiger partial charge in [0.25, 0.3) is 0 Å². The lowest BCUT2D eigenvalue weighted by Crippen LogP contribution is -1.96. The van der Waals surface area contributed by atoms with Gasteiger partial charge < -0.3 is 0 Å². The van der Waals surface area contributed by atoms with Crippen molar-refractivity contribution in [3.8, 4) is 0 Å². The van der Waals surface area contributed by atoms with Gasteiger partial charge in [-0.2, -0.15) is 10.5 Å². The van der Waals surface area contributed by atoms with E-state index in [1.165, 1.54) is 5.57 Å². The van der Waals surface area contributed by atoms with E-state index >= 15 is 0 Å². The van der Waals surface area contributed by atoms with Crippen LogP contribution in [0.2, 0.25) is 0 Å². The Morgan fingerprint density at radius 2 is 2.11 bits per heavy atom. The van der Waals surface area contributed by atoms with Crippen LogP contribution in [0.5, 0.6) is 0 Å². The Balaban J connectivity index is 2.28. The summed E-state index contributed by atoms with van der Waals surface area (Å²) in [5.41, 5.74) is 6.40. The number of allylic oxidation sites excluding steroid dienone is 3. The summed E-state index contributed by atoms with van der Waals surface area (Å²) in [7, 11) is 0. The zero-order valence-electron chi connectivity index (χ0n) is 5.04. The highest BCUT2D eigenvalue weighted by atomic mass is 15.3. The molecular formula is C7H7N2. The number of hydrogen-bond acceptors (Lipinski definition) is 1. The Morgan fingerprint density at radius 1 is 1.22 bits per heavy atom. The van der Waals surface area contributed by atoms with Crippen LogP contribution in [-0.4, -0.2) is 6.21 Å². The van der Waals surface area contributed by atoms with Gasteiger partial charge in [0.15, 0.2) is 0 Å². The Kier molecular flexibility index (Phi) is 0.918. The first-order valence-electron chi connectivity index (χ1n) is 3.08. The average Bonchev–Trinajstić information content (AvgIpc) is 2.33. The molecule has 0 fully saturated rings. The Hall–Kier alpha value is -1.05. The molecule has 0 aromatic heterocycles. The van der Waals surface area contributed by atoms with E-state index in [2.05, 4.69) is 22.7 Å². The van der Waals surface area contributed by atoms with Crippen LogP contribution in [0.3, 0.4) is 0 Å². The first-order valence-corrected chi connectivity index (χ1v) is 3.08. The van der Waals surface area contributed by atoms with Gasteiger partial charge in [-0.15, -0.1) is 0 Å². The molecule has 0 aromatic carbocycles. The van der Waals surface area contributed by atoms with Crippen LogP contribution in [0.4, 0.5) is 0 Å². The first kappa shape index (κ1) is 4.79. The predicted molar refractivity (Wildman–Crippen MR) is 36.0 cm³/mol. The minimum absolute atomic E-state index is 0.968. The molecule has 0 bridgehead atoms. The summed E-state index contributed by atoms with van der Waals surface area (Å²) in [6.07, 6.45) is 8.12. The van der Waals surface area contributed by atoms with Crippen molar-refractivity contribution in [3.63, 3.8) is 0 Å². The molecule has 1 aliphatic carbocycles. The van der Waals surface area contributed by atoms with Crippen molar-refractivity contribution in [2.45, 2.75) is 12.8 Å². The zero-order valence-corrected chi connectivity index (χ0v) is 5.04. The van der Waals surface area contributed by atoms with Crippen LogP contribution >= 0.6 is 0 Å². The van der Waals surface area contributed by atoms with Crippen molar-refractivity contribution in [1.29, 1.82) is 0 Å². The Morgan fingerprint density at radius 3 is 3.00 bits per heavy atom. The molecule has 0 saturated carbocycles. The van der Waals surface area contributed by atoms with Crippen LogP contribution in [-0.2, 0) is 0 Å². The molecule has 0 spiro atoms. The second-order valence-electron chi connectivity index (χ2n) is 2.20. The molecule has 0 unspecified atom stereocenters. The lowest BCUT2D eigenvalue weighted by Gasteiger charge is -2.02. The van der Waals surface area contributed by atoms with Gasteiger partial charge in [-0.05, 0) is 12.0 Å². The van der Waals surface area contributed by atoms with Gasteiger partial charge in [0.2, 0.25) is 0 Å². The van der Waals surface area contributed by atoms with Crippen LogP contribution in [0.15, 0.2) is 28.5 Å². The first-order chi connectivity index (χ1) is 4.47. The van der Waals surface area contributed by atoms with E-state index in [-0.39, 0.29) is 0 Å². The summed E-state index contributed by atoms with van der Waals surface area (Å²) in [5, 5.41) is 3.81. The van der Waals surface area contributed by atoms with Gasteiger partial charge >= 0.3 is 0 Å². The highest BCUT2D eigenvalue weighted by Gasteiger charge is 2.11. The summed E-state index contributed by atoms with van der Waals surface area (Å²) in [4.78, 5) is 0. The largest absolute Gasteiger partial charge is 0.159 e. The van der Waals surface area contributed by atoms with Crippen molar-refractivity contribution in [2.24, 2.45) is 5.10 Å². The number of rotatable bonds is 0. The lowest BCUT2D eigenvalue weighted by atomic mass is 10.1. The fourth-order valence-electron chi connectivity index (χ4n) is 1.05. The number of hydrogen-bond donors (Lipinski definition) is 0. The van der Waals surface area contributed by atoms with E-state index in [4.69, 9.17) is 0 Å².